The van der Waals surface area contributed by atoms with E-state index in [-0.39, 0.29) is 15.7 Å². The maximum atomic E-state index is 14.6. The van der Waals surface area contributed by atoms with Gasteiger partial charge in [-0.05, 0) is 0 Å². The molecule has 3 rings (SSSR count). The molecule has 0 fully saturated rings. The second-order valence-corrected chi connectivity index (χ2v) is 10.6. The Morgan fingerprint density at radius 2 is 1.54 bits per heavy atom. The fourth-order valence-corrected chi connectivity index (χ4v) is 6.53. The summed E-state index contributed by atoms with van der Waals surface area (Å²) in [6, 6.07) is 9.59. The minimum absolute atomic E-state index is 0.0975. The van der Waals surface area contributed by atoms with E-state index < -0.39 is 43.3 Å². The zero-order valence-electron chi connectivity index (χ0n) is 14.1. The van der Waals surface area contributed by atoms with Crippen LogP contribution >= 0.6 is 19.8 Å². The van der Waals surface area contributed by atoms with Gasteiger partial charge in [0.15, 0.2) is 0 Å². The first-order valence-electron chi connectivity index (χ1n) is 7.66. The molecule has 0 N–H and O–H groups in total. The monoisotopic (exact) mass is 471 g/mol. The number of alkyl halides is 1. The van der Waals surface area contributed by atoms with Crippen LogP contribution in [0.25, 0.3) is 0 Å². The Morgan fingerprint density at radius 1 is 1.00 bits per heavy atom. The second-order valence-electron chi connectivity index (χ2n) is 5.60. The van der Waals surface area contributed by atoms with Gasteiger partial charge in [0.2, 0.25) is 0 Å². The van der Waals surface area contributed by atoms with Crippen molar-refractivity contribution < 1.29 is 23.1 Å². The van der Waals surface area contributed by atoms with Crippen LogP contribution in [0.5, 0.6) is 5.75 Å². The van der Waals surface area contributed by atoms with Crippen LogP contribution in [-0.4, -0.2) is 28.8 Å². The number of nitrogens with zero attached hydrogens (tertiary/aromatic N) is 1. The fourth-order valence-electron chi connectivity index (χ4n) is 2.61. The summed E-state index contributed by atoms with van der Waals surface area (Å²) >= 11 is -2.28. The summed E-state index contributed by atoms with van der Waals surface area (Å²) in [5.74, 6) is -1.57. The third kappa shape index (κ3) is 3.62. The fraction of sp³-hybridized carbons (Fsp3) is 0.158. The van der Waals surface area contributed by atoms with E-state index in [1.807, 2.05) is 17.1 Å². The van der Waals surface area contributed by atoms with Crippen molar-refractivity contribution >= 4 is 31.6 Å². The molecule has 2 aromatic rings. The summed E-state index contributed by atoms with van der Waals surface area (Å²) in [6.07, 6.45) is 2.28. The summed E-state index contributed by atoms with van der Waals surface area (Å²) in [7, 11) is 1.56. The number of ether oxygens (including phenoxy) is 1. The predicted molar refractivity (Wildman–Crippen MR) is 101 cm³/mol. The zero-order valence-corrected chi connectivity index (χ0v) is 16.3. The summed E-state index contributed by atoms with van der Waals surface area (Å²) < 4.78 is 35.4. The first kappa shape index (κ1) is 18.5. The van der Waals surface area contributed by atoms with E-state index in [9.17, 15) is 18.4 Å². The van der Waals surface area contributed by atoms with E-state index in [0.29, 0.717) is 5.75 Å². The molecule has 4 nitrogen and oxygen atoms in total. The van der Waals surface area contributed by atoms with Crippen LogP contribution in [0.3, 0.4) is 0 Å². The molecule has 0 unspecified atom stereocenters. The number of hydrogen-bond donors (Lipinski definition) is 0. The van der Waals surface area contributed by atoms with E-state index in [4.69, 9.17) is 4.74 Å². The zero-order chi connectivity index (χ0) is 18.8. The molecule has 136 valence electrons. The molecule has 0 aliphatic carbocycles. The van der Waals surface area contributed by atoms with E-state index in [2.05, 4.69) is 0 Å². The Balaban J connectivity index is 1.87. The van der Waals surface area contributed by atoms with Crippen molar-refractivity contribution in [1.82, 2.24) is 4.90 Å². The van der Waals surface area contributed by atoms with Crippen molar-refractivity contribution in [2.24, 2.45) is 0 Å². The van der Waals surface area contributed by atoms with Crippen LogP contribution in [0, 0.1) is 18.8 Å². The summed E-state index contributed by atoms with van der Waals surface area (Å²) in [4.78, 5) is 26.0. The Morgan fingerprint density at radius 3 is 2.04 bits per heavy atom. The number of halogens is 3. The van der Waals surface area contributed by atoms with E-state index in [1.54, 1.807) is 19.2 Å². The van der Waals surface area contributed by atoms with Gasteiger partial charge in [0.05, 0.1) is 0 Å². The number of amides is 2. The first-order valence-corrected chi connectivity index (χ1v) is 12.0. The van der Waals surface area contributed by atoms with Crippen LogP contribution in [0.1, 0.15) is 5.56 Å². The van der Waals surface area contributed by atoms with Crippen molar-refractivity contribution in [2.45, 2.75) is 6.54 Å². The number of rotatable bonds is 5. The van der Waals surface area contributed by atoms with Gasteiger partial charge >= 0.3 is 157 Å². The molecule has 26 heavy (non-hydrogen) atoms. The average Bonchev–Trinajstić information content (AvgIpc) is 2.93. The maximum absolute atomic E-state index is 14.6. The number of benzene rings is 2. The molecular formula is C19H16F2INO3. The quantitative estimate of drug-likeness (QED) is 0.290. The molecule has 2 aromatic carbocycles. The van der Waals surface area contributed by atoms with Crippen LogP contribution in [0.2, 0.25) is 0 Å². The Hall–Kier alpha value is -2.29. The SMILES string of the molecule is COc1ccc(I(C)c2c(F)cc(CN3C(=O)C=CC3=O)cc2F)cc1. The van der Waals surface area contributed by atoms with Crippen molar-refractivity contribution in [3.8, 4) is 5.75 Å². The molecule has 7 heteroatoms. The number of methoxy groups -OCH3 is 1. The molecule has 0 bridgehead atoms. The summed E-state index contributed by atoms with van der Waals surface area (Å²) in [6.45, 7) is -0.154. The standard InChI is InChI=1S/C19H16F2INO3/c1-22(13-3-5-14(26-2)6-4-13)19-15(20)9-12(10-16(19)21)11-23-17(24)7-8-18(23)25/h3-10H,11H2,1-2H3. The van der Waals surface area contributed by atoms with Crippen molar-refractivity contribution in [3.63, 3.8) is 0 Å². The van der Waals surface area contributed by atoms with Gasteiger partial charge in [-0.3, -0.25) is 0 Å². The van der Waals surface area contributed by atoms with Crippen molar-refractivity contribution in [2.75, 3.05) is 12.0 Å². The van der Waals surface area contributed by atoms with Gasteiger partial charge in [-0.1, -0.05) is 0 Å². The van der Waals surface area contributed by atoms with Crippen molar-refractivity contribution in [1.29, 1.82) is 0 Å². The normalized spacial score (nSPS) is 14.2. The molecule has 0 spiro atoms. The molecule has 2 amide bonds. The molecule has 0 saturated heterocycles. The van der Waals surface area contributed by atoms with Gasteiger partial charge in [-0.2, -0.15) is 0 Å². The van der Waals surface area contributed by atoms with Gasteiger partial charge in [-0.25, -0.2) is 0 Å². The molecule has 0 radical (unpaired) electrons. The van der Waals surface area contributed by atoms with Crippen LogP contribution in [0.4, 0.5) is 8.78 Å². The van der Waals surface area contributed by atoms with Crippen LogP contribution in [0.15, 0.2) is 48.6 Å². The molecule has 0 atom stereocenters. The third-order valence-corrected chi connectivity index (χ3v) is 9.18. The van der Waals surface area contributed by atoms with Crippen LogP contribution < -0.4 is 4.74 Å². The van der Waals surface area contributed by atoms with Crippen molar-refractivity contribution in [3.05, 3.63) is 72.9 Å². The molecule has 0 aromatic heterocycles. The van der Waals surface area contributed by atoms with Gasteiger partial charge in [0, 0.05) is 0 Å². The third-order valence-electron chi connectivity index (χ3n) is 3.94. The van der Waals surface area contributed by atoms with Gasteiger partial charge < -0.3 is 0 Å². The Kier molecular flexibility index (Phi) is 5.36. The Bertz CT molecular complexity index is 855. The average molecular weight is 471 g/mol. The van der Waals surface area contributed by atoms with E-state index in [0.717, 1.165) is 20.6 Å². The molecule has 0 saturated carbocycles. The summed E-state index contributed by atoms with van der Waals surface area (Å²) in [5.41, 5.74) is 0.244. The predicted octanol–water partition coefficient (Wildman–Crippen LogP) is 3.57. The minimum atomic E-state index is -2.28. The first-order chi connectivity index (χ1) is 12.4. The van der Waals surface area contributed by atoms with E-state index >= 15 is 0 Å². The van der Waals surface area contributed by atoms with E-state index in [1.165, 1.54) is 12.1 Å². The number of carbonyl (C=O) groups is 2. The van der Waals surface area contributed by atoms with Gasteiger partial charge in [0.1, 0.15) is 0 Å². The van der Waals surface area contributed by atoms with Gasteiger partial charge in [-0.15, -0.1) is 0 Å². The molecular weight excluding hydrogens is 455 g/mol. The summed E-state index contributed by atoms with van der Waals surface area (Å²) in [5, 5.41) is 0. The molecule has 1 aliphatic heterocycles. The second kappa shape index (κ2) is 7.53. The van der Waals surface area contributed by atoms with Gasteiger partial charge in [0.25, 0.3) is 0 Å². The molecule has 1 aliphatic rings. The Labute approximate surface area is 156 Å². The van der Waals surface area contributed by atoms with Crippen LogP contribution in [-0.2, 0) is 16.1 Å². The number of carbonyl (C=O) groups excluding carboxylic acids is 2. The number of hydrogen-bond acceptors (Lipinski definition) is 3. The molecule has 1 heterocycles. The number of imide groups is 1. The topological polar surface area (TPSA) is 46.6 Å².